The molecule has 22 heavy (non-hydrogen) atoms. The first-order valence-electron chi connectivity index (χ1n) is 6.71. The normalized spacial score (nSPS) is 16.6. The Labute approximate surface area is 140 Å². The summed E-state index contributed by atoms with van der Waals surface area (Å²) in [6, 6.07) is 10.6. The van der Waals surface area contributed by atoms with E-state index in [1.165, 1.54) is 6.07 Å². The summed E-state index contributed by atoms with van der Waals surface area (Å²) in [7, 11) is 0. The molecule has 0 radical (unpaired) electrons. The predicted octanol–water partition coefficient (Wildman–Crippen LogP) is 4.43. The zero-order valence-corrected chi connectivity index (χ0v) is 13.7. The molecule has 1 unspecified atom stereocenters. The zero-order chi connectivity index (χ0) is 15.7. The number of benzene rings is 2. The van der Waals surface area contributed by atoms with Gasteiger partial charge in [-0.2, -0.15) is 0 Å². The third-order valence-corrected chi connectivity index (χ3v) is 4.80. The van der Waals surface area contributed by atoms with E-state index in [0.29, 0.717) is 10.9 Å². The van der Waals surface area contributed by atoms with Crippen molar-refractivity contribution in [3.05, 3.63) is 57.3 Å². The maximum atomic E-state index is 14.0. The molecular formula is C16H12BrClFNO2. The first kappa shape index (κ1) is 15.3. The van der Waals surface area contributed by atoms with Gasteiger partial charge in [-0.15, -0.1) is 0 Å². The van der Waals surface area contributed by atoms with Crippen molar-refractivity contribution in [2.45, 2.75) is 6.42 Å². The lowest BCUT2D eigenvalue weighted by atomic mass is 9.96. The van der Waals surface area contributed by atoms with Gasteiger partial charge in [-0.3, -0.25) is 4.79 Å². The van der Waals surface area contributed by atoms with E-state index in [0.717, 1.165) is 11.3 Å². The van der Waals surface area contributed by atoms with E-state index >= 15 is 0 Å². The number of nitrogens with one attached hydrogen (secondary N) is 1. The highest BCUT2D eigenvalue weighted by molar-refractivity contribution is 9.10. The smallest absolute Gasteiger partial charge is 0.231 e. The van der Waals surface area contributed by atoms with Crippen molar-refractivity contribution in [3.63, 3.8) is 0 Å². The van der Waals surface area contributed by atoms with Gasteiger partial charge in [0, 0.05) is 4.47 Å². The molecule has 1 aliphatic rings. The molecule has 2 aromatic rings. The quantitative estimate of drug-likeness (QED) is 0.778. The lowest BCUT2D eigenvalue weighted by Gasteiger charge is -2.24. The van der Waals surface area contributed by atoms with Gasteiger partial charge in [0.15, 0.2) is 5.82 Å². The van der Waals surface area contributed by atoms with Crippen LogP contribution in [0.15, 0.2) is 40.9 Å². The fourth-order valence-electron chi connectivity index (χ4n) is 2.35. The lowest BCUT2D eigenvalue weighted by molar-refractivity contribution is -0.121. The maximum Gasteiger partial charge on any atom is 0.231 e. The van der Waals surface area contributed by atoms with E-state index < -0.39 is 5.82 Å². The molecule has 2 aromatic carbocycles. The van der Waals surface area contributed by atoms with Crippen LogP contribution in [0.25, 0.3) is 0 Å². The summed E-state index contributed by atoms with van der Waals surface area (Å²) < 4.78 is 20.0. The molecule has 1 heterocycles. The number of carbonyl (C=O) groups excluding carboxylic acids is 1. The molecule has 1 atom stereocenters. The average molecular weight is 385 g/mol. The van der Waals surface area contributed by atoms with Gasteiger partial charge in [-0.1, -0.05) is 29.8 Å². The Morgan fingerprint density at radius 2 is 2.09 bits per heavy atom. The molecule has 1 aliphatic heterocycles. The largest absolute Gasteiger partial charge is 0.492 e. The summed E-state index contributed by atoms with van der Waals surface area (Å²) in [4.78, 5) is 12.3. The van der Waals surface area contributed by atoms with E-state index in [2.05, 4.69) is 21.2 Å². The number of halogens is 3. The lowest BCUT2D eigenvalue weighted by Crippen LogP contribution is -2.32. The topological polar surface area (TPSA) is 38.3 Å². The van der Waals surface area contributed by atoms with Crippen LogP contribution in [0.5, 0.6) is 5.75 Å². The number of ether oxygens (including phenoxy) is 1. The Bertz CT molecular complexity index is 738. The molecule has 114 valence electrons. The van der Waals surface area contributed by atoms with Gasteiger partial charge < -0.3 is 10.1 Å². The number of hydrogen-bond acceptors (Lipinski definition) is 2. The van der Waals surface area contributed by atoms with Gasteiger partial charge in [-0.05, 0) is 46.1 Å². The van der Waals surface area contributed by atoms with Gasteiger partial charge in [0.25, 0.3) is 0 Å². The van der Waals surface area contributed by atoms with Crippen LogP contribution in [0.1, 0.15) is 5.56 Å². The number of fused-ring (bicyclic) bond motifs is 1. The zero-order valence-electron chi connectivity index (χ0n) is 11.4. The average Bonchev–Trinajstić information content (AvgIpc) is 2.55. The molecule has 3 rings (SSSR count). The van der Waals surface area contributed by atoms with Crippen LogP contribution in [-0.4, -0.2) is 12.5 Å². The summed E-state index contributed by atoms with van der Waals surface area (Å²) in [6.45, 7) is 0.273. The van der Waals surface area contributed by atoms with Gasteiger partial charge >= 0.3 is 0 Å². The van der Waals surface area contributed by atoms with Crippen molar-refractivity contribution in [3.8, 4) is 5.75 Å². The van der Waals surface area contributed by atoms with Crippen LogP contribution in [0.3, 0.4) is 0 Å². The molecule has 0 saturated heterocycles. The molecule has 0 saturated carbocycles. The molecule has 1 amide bonds. The minimum atomic E-state index is -0.651. The van der Waals surface area contributed by atoms with Crippen LogP contribution in [0.2, 0.25) is 5.02 Å². The number of amides is 1. The van der Waals surface area contributed by atoms with Crippen LogP contribution >= 0.6 is 27.5 Å². The van der Waals surface area contributed by atoms with Gasteiger partial charge in [0.2, 0.25) is 5.91 Å². The fraction of sp³-hybridized carbons (Fsp3) is 0.188. The van der Waals surface area contributed by atoms with Crippen molar-refractivity contribution in [1.29, 1.82) is 0 Å². The van der Waals surface area contributed by atoms with Crippen LogP contribution in [-0.2, 0) is 11.2 Å². The second-order valence-corrected chi connectivity index (χ2v) is 6.26. The molecule has 0 fully saturated rings. The number of carbonyl (C=O) groups is 1. The number of anilines is 1. The maximum absolute atomic E-state index is 14.0. The molecule has 6 heteroatoms. The fourth-order valence-corrected chi connectivity index (χ4v) is 2.82. The Balaban J connectivity index is 1.75. The van der Waals surface area contributed by atoms with E-state index in [1.807, 2.05) is 24.3 Å². The summed E-state index contributed by atoms with van der Waals surface area (Å²) in [5, 5.41) is 2.53. The molecule has 3 nitrogen and oxygen atoms in total. The van der Waals surface area contributed by atoms with E-state index in [9.17, 15) is 9.18 Å². The summed E-state index contributed by atoms with van der Waals surface area (Å²) in [5.74, 6) is -0.505. The minimum Gasteiger partial charge on any atom is -0.492 e. The van der Waals surface area contributed by atoms with Crippen LogP contribution in [0, 0.1) is 11.7 Å². The number of para-hydroxylation sites is 1. The second kappa shape index (κ2) is 6.26. The molecular weight excluding hydrogens is 373 g/mol. The summed E-state index contributed by atoms with van der Waals surface area (Å²) >= 11 is 8.96. The third-order valence-electron chi connectivity index (χ3n) is 3.54. The SMILES string of the molecule is O=C(Nc1ccc(Br)c(Cl)c1F)C1COc2ccccc2C1. The molecule has 0 bridgehead atoms. The summed E-state index contributed by atoms with van der Waals surface area (Å²) in [5.41, 5.74) is 1.04. The van der Waals surface area contributed by atoms with Crippen LogP contribution in [0.4, 0.5) is 10.1 Å². The van der Waals surface area contributed by atoms with Gasteiger partial charge in [-0.25, -0.2) is 4.39 Å². The van der Waals surface area contributed by atoms with Gasteiger partial charge in [0.1, 0.15) is 12.4 Å². The Morgan fingerprint density at radius 1 is 1.32 bits per heavy atom. The Hall–Kier alpha value is -1.59. The monoisotopic (exact) mass is 383 g/mol. The van der Waals surface area contributed by atoms with Crippen molar-refractivity contribution >= 4 is 39.1 Å². The van der Waals surface area contributed by atoms with Crippen molar-refractivity contribution < 1.29 is 13.9 Å². The molecule has 0 aliphatic carbocycles. The Kier molecular flexibility index (Phi) is 4.36. The first-order chi connectivity index (χ1) is 10.6. The number of rotatable bonds is 2. The molecule has 0 spiro atoms. The third kappa shape index (κ3) is 2.96. The van der Waals surface area contributed by atoms with Crippen molar-refractivity contribution in [1.82, 2.24) is 0 Å². The van der Waals surface area contributed by atoms with E-state index in [4.69, 9.17) is 16.3 Å². The second-order valence-electron chi connectivity index (χ2n) is 5.03. The van der Waals surface area contributed by atoms with Crippen molar-refractivity contribution in [2.75, 3.05) is 11.9 Å². The summed E-state index contributed by atoms with van der Waals surface area (Å²) in [6.07, 6.45) is 0.563. The van der Waals surface area contributed by atoms with Gasteiger partial charge in [0.05, 0.1) is 16.6 Å². The van der Waals surface area contributed by atoms with E-state index in [-0.39, 0.29) is 29.1 Å². The Morgan fingerprint density at radius 3 is 2.91 bits per heavy atom. The first-order valence-corrected chi connectivity index (χ1v) is 7.88. The van der Waals surface area contributed by atoms with Crippen LogP contribution < -0.4 is 10.1 Å². The minimum absolute atomic E-state index is 0.0527. The molecule has 1 N–H and O–H groups in total. The van der Waals surface area contributed by atoms with E-state index in [1.54, 1.807) is 6.07 Å². The highest BCUT2D eigenvalue weighted by Gasteiger charge is 2.26. The highest BCUT2D eigenvalue weighted by Crippen LogP contribution is 2.31. The number of hydrogen-bond donors (Lipinski definition) is 1. The predicted molar refractivity (Wildman–Crippen MR) is 86.9 cm³/mol. The highest BCUT2D eigenvalue weighted by atomic mass is 79.9. The molecule has 0 aromatic heterocycles. The standard InChI is InChI=1S/C16H12BrClFNO2/c17-11-5-6-12(15(19)14(11)18)20-16(21)10-7-9-3-1-2-4-13(9)22-8-10/h1-6,10H,7-8H2,(H,20,21). The van der Waals surface area contributed by atoms with Crippen molar-refractivity contribution in [2.24, 2.45) is 5.92 Å².